The maximum atomic E-state index is 14.8. The zero-order valence-corrected chi connectivity index (χ0v) is 37.4. The van der Waals surface area contributed by atoms with Crippen LogP contribution in [0.1, 0.15) is 195 Å². The highest BCUT2D eigenvalue weighted by molar-refractivity contribution is 7.80. The molecule has 0 aromatic heterocycles. The highest BCUT2D eigenvalue weighted by Gasteiger charge is 2.50. The molecule has 2 rings (SSSR count). The van der Waals surface area contributed by atoms with Crippen molar-refractivity contribution in [3.8, 4) is 11.5 Å². The fourth-order valence-electron chi connectivity index (χ4n) is 7.17. The van der Waals surface area contributed by atoms with E-state index in [1.165, 1.54) is 38.5 Å². The number of hydrogen-bond donors (Lipinski definition) is 3. The quantitative estimate of drug-likeness (QED) is 0.0460. The second-order valence-corrected chi connectivity index (χ2v) is 20.6. The first-order valence-electron chi connectivity index (χ1n) is 20.6. The molecule has 6 nitrogen and oxygen atoms in total. The highest BCUT2D eigenvalue weighted by atomic mass is 32.1. The van der Waals surface area contributed by atoms with E-state index >= 15 is 0 Å². The lowest BCUT2D eigenvalue weighted by atomic mass is 9.71. The second kappa shape index (κ2) is 19.5. The van der Waals surface area contributed by atoms with Crippen LogP contribution in [0.2, 0.25) is 0 Å². The lowest BCUT2D eigenvalue weighted by molar-refractivity contribution is -0.173. The molecule has 306 valence electrons. The molecule has 1 unspecified atom stereocenters. The Morgan fingerprint density at radius 3 is 1.19 bits per heavy atom. The molecule has 0 heterocycles. The Bertz CT molecular complexity index is 1370. The van der Waals surface area contributed by atoms with Crippen molar-refractivity contribution in [1.29, 1.82) is 0 Å². The largest absolute Gasteiger partial charge is 0.507 e. The molecule has 0 saturated carbocycles. The van der Waals surface area contributed by atoms with Crippen LogP contribution in [0.3, 0.4) is 0 Å². The van der Waals surface area contributed by atoms with Crippen LogP contribution in [-0.2, 0) is 53.6 Å². The van der Waals surface area contributed by atoms with Crippen molar-refractivity contribution in [2.75, 3.05) is 6.61 Å². The molecule has 0 aliphatic heterocycles. The summed E-state index contributed by atoms with van der Waals surface area (Å²) in [7, 11) is 0. The number of esters is 2. The van der Waals surface area contributed by atoms with E-state index in [4.69, 9.17) is 9.47 Å². The van der Waals surface area contributed by atoms with Gasteiger partial charge in [0, 0.05) is 0 Å². The van der Waals surface area contributed by atoms with Crippen LogP contribution in [0.4, 0.5) is 0 Å². The molecule has 2 N–H and O–H groups in total. The second-order valence-electron chi connectivity index (χ2n) is 19.8. The van der Waals surface area contributed by atoms with Crippen molar-refractivity contribution < 1.29 is 29.3 Å². The number of hydrogen-bond acceptors (Lipinski definition) is 7. The Kier molecular flexibility index (Phi) is 17.1. The Balaban J connectivity index is 2.73. The molecule has 0 fully saturated rings. The van der Waals surface area contributed by atoms with Gasteiger partial charge in [0.2, 0.25) is 0 Å². The molecular weight excluding hydrogens is 693 g/mol. The summed E-state index contributed by atoms with van der Waals surface area (Å²) >= 11 is 4.42. The summed E-state index contributed by atoms with van der Waals surface area (Å²) in [6.07, 6.45) is 11.5. The molecule has 2 aromatic rings. The number of phenols is 2. The first-order valence-corrected chi connectivity index (χ1v) is 21.1. The Hall–Kier alpha value is -2.67. The van der Waals surface area contributed by atoms with Gasteiger partial charge in [-0.2, -0.15) is 0 Å². The summed E-state index contributed by atoms with van der Waals surface area (Å²) in [6, 6.07) is 7.68. The molecule has 54 heavy (non-hydrogen) atoms. The third-order valence-corrected chi connectivity index (χ3v) is 10.5. The fraction of sp³-hybridized carbons (Fsp3) is 0.702. The number of aromatic hydroxyl groups is 2. The Morgan fingerprint density at radius 2 is 0.889 bits per heavy atom. The van der Waals surface area contributed by atoms with E-state index in [1.54, 1.807) is 6.92 Å². The van der Waals surface area contributed by atoms with Gasteiger partial charge in [0.05, 0.1) is 6.61 Å². The lowest BCUT2D eigenvalue weighted by Crippen LogP contribution is -2.46. The van der Waals surface area contributed by atoms with Crippen molar-refractivity contribution in [1.82, 2.24) is 0 Å². The Labute approximate surface area is 335 Å². The van der Waals surface area contributed by atoms with E-state index in [0.29, 0.717) is 6.42 Å². The molecule has 7 heteroatoms. The summed E-state index contributed by atoms with van der Waals surface area (Å²) in [4.78, 5) is 29.4. The normalized spacial score (nSPS) is 13.5. The van der Waals surface area contributed by atoms with Crippen LogP contribution < -0.4 is 0 Å². The number of benzene rings is 2. The van der Waals surface area contributed by atoms with Crippen LogP contribution >= 0.6 is 12.6 Å². The minimum absolute atomic E-state index is 0.00772. The van der Waals surface area contributed by atoms with Crippen LogP contribution in [0.25, 0.3) is 0 Å². The van der Waals surface area contributed by atoms with E-state index in [-0.39, 0.29) is 30.9 Å². The zero-order valence-electron chi connectivity index (χ0n) is 36.6. The summed E-state index contributed by atoms with van der Waals surface area (Å²) < 4.78 is 12.0. The maximum absolute atomic E-state index is 14.8. The van der Waals surface area contributed by atoms with Gasteiger partial charge in [-0.3, -0.25) is 9.59 Å². The number of carbonyl (C=O) groups is 2. The predicted octanol–water partition coefficient (Wildman–Crippen LogP) is 12.3. The molecule has 0 radical (unpaired) electrons. The smallest absolute Gasteiger partial charge is 0.325 e. The predicted molar refractivity (Wildman–Crippen MR) is 228 cm³/mol. The average molecular weight is 769 g/mol. The number of phenolic OH excluding ortho intramolecular Hbond substituents is 2. The van der Waals surface area contributed by atoms with E-state index in [2.05, 4.69) is 19.6 Å². The van der Waals surface area contributed by atoms with Gasteiger partial charge in [-0.25, -0.2) is 0 Å². The van der Waals surface area contributed by atoms with Gasteiger partial charge in [0.25, 0.3) is 0 Å². The molecule has 0 saturated heterocycles. The van der Waals surface area contributed by atoms with E-state index < -0.39 is 44.4 Å². The summed E-state index contributed by atoms with van der Waals surface area (Å²) in [5.41, 5.74) is 0.199. The topological polar surface area (TPSA) is 93.1 Å². The van der Waals surface area contributed by atoms with Gasteiger partial charge in [-0.05, 0) is 81.2 Å². The SMILES string of the molecule is CCCCCCCCCCCCOC(=O)C(Cc1cc(C(C)(C)C)c(O)c(C(C)(C)C)c1)(Cc1cc(C(C)(C)C)c(O)c(C(C)(C)C)c1)C(=O)OC(C)S. The van der Waals surface area contributed by atoms with E-state index in [0.717, 1.165) is 52.6 Å². The average Bonchev–Trinajstić information content (AvgIpc) is 3.02. The zero-order chi connectivity index (χ0) is 41.3. The molecule has 0 spiro atoms. The van der Waals surface area contributed by atoms with Gasteiger partial charge in [-0.15, -0.1) is 12.6 Å². The first-order chi connectivity index (χ1) is 24.8. The van der Waals surface area contributed by atoms with Crippen molar-refractivity contribution in [2.45, 2.75) is 201 Å². The van der Waals surface area contributed by atoms with Crippen LogP contribution in [0.15, 0.2) is 24.3 Å². The van der Waals surface area contributed by atoms with Crippen LogP contribution in [0, 0.1) is 5.41 Å². The standard InChI is InChI=1S/C47H76O6S/c1-15-16-17-18-19-20-21-22-23-24-25-52-41(50)47(42(51)53-32(2)54,30-33-26-35(43(3,4)5)39(48)36(27-33)44(6,7)8)31-34-28-37(45(9,10)11)40(49)38(29-34)46(12,13)14/h26-29,32,48-49,54H,15-25,30-31H2,1-14H3. The number of unbranched alkanes of at least 4 members (excludes halogenated alkanes) is 9. The molecule has 0 aliphatic carbocycles. The number of thiol groups is 1. The van der Waals surface area contributed by atoms with Crippen molar-refractivity contribution in [3.63, 3.8) is 0 Å². The van der Waals surface area contributed by atoms with Crippen LogP contribution in [0.5, 0.6) is 11.5 Å². The maximum Gasteiger partial charge on any atom is 0.325 e. The highest BCUT2D eigenvalue weighted by Crippen LogP contribution is 2.44. The monoisotopic (exact) mass is 769 g/mol. The minimum Gasteiger partial charge on any atom is -0.507 e. The molecule has 2 aromatic carbocycles. The number of rotatable bonds is 18. The van der Waals surface area contributed by atoms with Gasteiger partial charge < -0.3 is 19.7 Å². The number of ether oxygens (including phenoxy) is 2. The number of carbonyl (C=O) groups excluding carboxylic acids is 2. The third kappa shape index (κ3) is 13.5. The molecule has 0 bridgehead atoms. The van der Waals surface area contributed by atoms with Gasteiger partial charge in [-0.1, -0.05) is 172 Å². The van der Waals surface area contributed by atoms with E-state index in [9.17, 15) is 19.8 Å². The van der Waals surface area contributed by atoms with E-state index in [1.807, 2.05) is 107 Å². The molecule has 0 amide bonds. The fourth-order valence-corrected chi connectivity index (χ4v) is 7.27. The van der Waals surface area contributed by atoms with Crippen molar-refractivity contribution in [2.24, 2.45) is 5.41 Å². The third-order valence-electron chi connectivity index (χ3n) is 10.4. The van der Waals surface area contributed by atoms with Gasteiger partial charge >= 0.3 is 11.9 Å². The first kappa shape index (κ1) is 47.5. The summed E-state index contributed by atoms with van der Waals surface area (Å²) in [5.74, 6) is -0.892. The summed E-state index contributed by atoms with van der Waals surface area (Å²) in [5, 5.41) is 23.1. The van der Waals surface area contributed by atoms with Gasteiger partial charge in [0.15, 0.2) is 5.41 Å². The van der Waals surface area contributed by atoms with Crippen LogP contribution in [-0.4, -0.2) is 34.2 Å². The molecule has 1 atom stereocenters. The van der Waals surface area contributed by atoms with Crippen molar-refractivity contribution in [3.05, 3.63) is 57.6 Å². The Morgan fingerprint density at radius 1 is 0.574 bits per heavy atom. The summed E-state index contributed by atoms with van der Waals surface area (Å²) in [6.45, 7) is 28.6. The van der Waals surface area contributed by atoms with Gasteiger partial charge in [0.1, 0.15) is 16.9 Å². The molecular formula is C47H76O6S. The molecule has 0 aliphatic rings. The lowest BCUT2D eigenvalue weighted by Gasteiger charge is -2.34. The minimum atomic E-state index is -1.78. The van der Waals surface area contributed by atoms with Crippen molar-refractivity contribution >= 4 is 24.6 Å².